The highest BCUT2D eigenvalue weighted by molar-refractivity contribution is 9.10. The summed E-state index contributed by atoms with van der Waals surface area (Å²) >= 11 is 9.16. The molecule has 19 heavy (non-hydrogen) atoms. The molecule has 0 aliphatic rings. The zero-order chi connectivity index (χ0) is 14.3. The fraction of sp³-hybridized carbons (Fsp3) is 0.538. The molecule has 0 bridgehead atoms. The number of amides is 1. The topological polar surface area (TPSA) is 62.2 Å². The van der Waals surface area contributed by atoms with Gasteiger partial charge in [0.2, 0.25) is 0 Å². The average Bonchev–Trinajstić information content (AvgIpc) is 2.39. The van der Waals surface area contributed by atoms with Crippen molar-refractivity contribution in [1.82, 2.24) is 10.3 Å². The number of nitrogens with zero attached hydrogens (tertiary/aromatic N) is 1. The zero-order valence-electron chi connectivity index (χ0n) is 10.8. The van der Waals surface area contributed by atoms with Crippen LogP contribution in [0.3, 0.4) is 0 Å². The Morgan fingerprint density at radius 3 is 2.95 bits per heavy atom. The summed E-state index contributed by atoms with van der Waals surface area (Å²) in [5, 5.41) is 12.0. The molecule has 1 rings (SSSR count). The first-order chi connectivity index (χ1) is 9.08. The van der Waals surface area contributed by atoms with Gasteiger partial charge in [-0.3, -0.25) is 4.79 Å². The summed E-state index contributed by atoms with van der Waals surface area (Å²) in [6.45, 7) is 2.76. The number of nitrogens with one attached hydrogen (secondary N) is 1. The van der Waals surface area contributed by atoms with Gasteiger partial charge >= 0.3 is 0 Å². The van der Waals surface area contributed by atoms with Gasteiger partial charge in [-0.2, -0.15) is 0 Å². The number of hydrogen-bond donors (Lipinski definition) is 2. The molecule has 1 amide bonds. The molecule has 1 aromatic rings. The number of aliphatic hydroxyl groups excluding tert-OH is 1. The molecule has 0 radical (unpaired) electrons. The summed E-state index contributed by atoms with van der Waals surface area (Å²) in [6, 6.07) is 1.64. The SMILES string of the molecule is CCCC(CCO)CNC(=O)c1cc(Br)cnc1Cl. The lowest BCUT2D eigenvalue weighted by molar-refractivity contribution is 0.0942. The maximum Gasteiger partial charge on any atom is 0.254 e. The van der Waals surface area contributed by atoms with Crippen LogP contribution in [0, 0.1) is 5.92 Å². The van der Waals surface area contributed by atoms with E-state index in [1.54, 1.807) is 12.3 Å². The van der Waals surface area contributed by atoms with Crippen LogP contribution in [-0.4, -0.2) is 29.1 Å². The first-order valence-corrected chi connectivity index (χ1v) is 7.45. The van der Waals surface area contributed by atoms with Crippen molar-refractivity contribution in [1.29, 1.82) is 0 Å². The highest BCUT2D eigenvalue weighted by Crippen LogP contribution is 2.18. The second kappa shape index (κ2) is 8.51. The zero-order valence-corrected chi connectivity index (χ0v) is 13.2. The van der Waals surface area contributed by atoms with Gasteiger partial charge in [0.25, 0.3) is 5.91 Å². The quantitative estimate of drug-likeness (QED) is 0.744. The maximum absolute atomic E-state index is 12.0. The standard InChI is InChI=1S/C13H18BrClN2O2/c1-2-3-9(4-5-18)7-17-13(19)11-6-10(14)8-16-12(11)15/h6,8-9,18H,2-5,7H2,1H3,(H,17,19). The second-order valence-electron chi connectivity index (χ2n) is 4.37. The van der Waals surface area contributed by atoms with E-state index in [0.29, 0.717) is 23.0 Å². The van der Waals surface area contributed by atoms with E-state index in [0.717, 1.165) is 12.8 Å². The first-order valence-electron chi connectivity index (χ1n) is 6.28. The molecule has 4 nitrogen and oxygen atoms in total. The van der Waals surface area contributed by atoms with Crippen LogP contribution in [-0.2, 0) is 0 Å². The van der Waals surface area contributed by atoms with Gasteiger partial charge in [0.05, 0.1) is 5.56 Å². The Labute approximate surface area is 126 Å². The van der Waals surface area contributed by atoms with Gasteiger partial charge in [-0.1, -0.05) is 24.9 Å². The van der Waals surface area contributed by atoms with Crippen molar-refractivity contribution in [2.45, 2.75) is 26.2 Å². The van der Waals surface area contributed by atoms with Crippen LogP contribution >= 0.6 is 27.5 Å². The molecule has 0 fully saturated rings. The van der Waals surface area contributed by atoms with E-state index in [-0.39, 0.29) is 23.6 Å². The van der Waals surface area contributed by atoms with Crippen LogP contribution in [0.1, 0.15) is 36.5 Å². The fourth-order valence-corrected chi connectivity index (χ4v) is 2.37. The molecule has 1 unspecified atom stereocenters. The van der Waals surface area contributed by atoms with Crippen LogP contribution < -0.4 is 5.32 Å². The molecule has 6 heteroatoms. The van der Waals surface area contributed by atoms with E-state index in [1.165, 1.54) is 0 Å². The van der Waals surface area contributed by atoms with Crippen LogP contribution in [0.4, 0.5) is 0 Å². The smallest absolute Gasteiger partial charge is 0.254 e. The predicted octanol–water partition coefficient (Wildman–Crippen LogP) is 3.03. The van der Waals surface area contributed by atoms with Crippen LogP contribution in [0.15, 0.2) is 16.7 Å². The van der Waals surface area contributed by atoms with Gasteiger partial charge in [0, 0.05) is 23.8 Å². The minimum atomic E-state index is -0.238. The van der Waals surface area contributed by atoms with Crippen molar-refractivity contribution in [3.05, 3.63) is 27.5 Å². The molecule has 0 aromatic carbocycles. The predicted molar refractivity (Wildman–Crippen MR) is 79.4 cm³/mol. The van der Waals surface area contributed by atoms with E-state index in [2.05, 4.69) is 33.2 Å². The lowest BCUT2D eigenvalue weighted by Crippen LogP contribution is -2.30. The molecule has 0 spiro atoms. The van der Waals surface area contributed by atoms with Gasteiger partial charge in [0.1, 0.15) is 5.15 Å². The molecule has 2 N–H and O–H groups in total. The van der Waals surface area contributed by atoms with Gasteiger partial charge in [-0.25, -0.2) is 4.98 Å². The molecule has 1 aromatic heterocycles. The molecular weight excluding hydrogens is 332 g/mol. The monoisotopic (exact) mass is 348 g/mol. The summed E-state index contributed by atoms with van der Waals surface area (Å²) in [5.74, 6) is 0.0516. The molecule has 0 saturated heterocycles. The summed E-state index contributed by atoms with van der Waals surface area (Å²) in [6.07, 6.45) is 4.24. The summed E-state index contributed by atoms with van der Waals surface area (Å²) in [4.78, 5) is 15.9. The number of halogens is 2. The first kappa shape index (κ1) is 16.4. The average molecular weight is 350 g/mol. The minimum Gasteiger partial charge on any atom is -0.396 e. The third-order valence-corrected chi connectivity index (χ3v) is 3.57. The Morgan fingerprint density at radius 2 is 2.32 bits per heavy atom. The molecule has 0 aliphatic heterocycles. The summed E-state index contributed by atoms with van der Waals surface area (Å²) in [7, 11) is 0. The Bertz CT molecular complexity index is 423. The normalized spacial score (nSPS) is 12.2. The number of rotatable bonds is 7. The summed E-state index contributed by atoms with van der Waals surface area (Å²) < 4.78 is 0.711. The second-order valence-corrected chi connectivity index (χ2v) is 5.64. The van der Waals surface area contributed by atoms with Crippen molar-refractivity contribution in [2.75, 3.05) is 13.2 Å². The minimum absolute atomic E-state index is 0.139. The van der Waals surface area contributed by atoms with Gasteiger partial charge in [-0.05, 0) is 40.8 Å². The van der Waals surface area contributed by atoms with Gasteiger partial charge < -0.3 is 10.4 Å². The molecule has 0 saturated carbocycles. The Morgan fingerprint density at radius 1 is 1.58 bits per heavy atom. The van der Waals surface area contributed by atoms with E-state index >= 15 is 0 Å². The number of carbonyl (C=O) groups excluding carboxylic acids is 1. The summed E-state index contributed by atoms with van der Waals surface area (Å²) in [5.41, 5.74) is 0.357. The van der Waals surface area contributed by atoms with Gasteiger partial charge in [-0.15, -0.1) is 0 Å². The Kier molecular flexibility index (Phi) is 7.34. The van der Waals surface area contributed by atoms with Crippen molar-refractivity contribution < 1.29 is 9.90 Å². The molecule has 0 aliphatic carbocycles. The van der Waals surface area contributed by atoms with Crippen LogP contribution in [0.25, 0.3) is 0 Å². The molecular formula is C13H18BrClN2O2. The van der Waals surface area contributed by atoms with Crippen LogP contribution in [0.2, 0.25) is 5.15 Å². The lowest BCUT2D eigenvalue weighted by atomic mass is 10.0. The van der Waals surface area contributed by atoms with E-state index in [1.807, 2.05) is 0 Å². The van der Waals surface area contributed by atoms with E-state index < -0.39 is 0 Å². The maximum atomic E-state index is 12.0. The number of hydrogen-bond acceptors (Lipinski definition) is 3. The highest BCUT2D eigenvalue weighted by Gasteiger charge is 2.14. The van der Waals surface area contributed by atoms with Crippen molar-refractivity contribution in [3.63, 3.8) is 0 Å². The Hall–Kier alpha value is -0.650. The highest BCUT2D eigenvalue weighted by atomic mass is 79.9. The van der Waals surface area contributed by atoms with Crippen molar-refractivity contribution in [3.8, 4) is 0 Å². The fourth-order valence-electron chi connectivity index (χ4n) is 1.85. The van der Waals surface area contributed by atoms with Crippen LogP contribution in [0.5, 0.6) is 0 Å². The van der Waals surface area contributed by atoms with Gasteiger partial charge in [0.15, 0.2) is 0 Å². The Balaban J connectivity index is 2.61. The molecule has 1 heterocycles. The third kappa shape index (κ3) is 5.47. The van der Waals surface area contributed by atoms with Crippen molar-refractivity contribution >= 4 is 33.4 Å². The number of aliphatic hydroxyl groups is 1. The number of pyridine rings is 1. The number of carbonyl (C=O) groups is 1. The van der Waals surface area contributed by atoms with Crippen molar-refractivity contribution in [2.24, 2.45) is 5.92 Å². The van der Waals surface area contributed by atoms with E-state index in [9.17, 15) is 4.79 Å². The molecule has 106 valence electrons. The third-order valence-electron chi connectivity index (χ3n) is 2.84. The largest absolute Gasteiger partial charge is 0.396 e. The number of aromatic nitrogens is 1. The lowest BCUT2D eigenvalue weighted by Gasteiger charge is -2.15. The van der Waals surface area contributed by atoms with E-state index in [4.69, 9.17) is 16.7 Å². The molecule has 1 atom stereocenters.